The summed E-state index contributed by atoms with van der Waals surface area (Å²) in [7, 11) is 1.91. The molecule has 0 unspecified atom stereocenters. The van der Waals surface area contributed by atoms with Crippen molar-refractivity contribution in [2.45, 2.75) is 71.6 Å². The fourth-order valence-corrected chi connectivity index (χ4v) is 4.33. The van der Waals surface area contributed by atoms with Crippen molar-refractivity contribution >= 4 is 11.9 Å². The van der Waals surface area contributed by atoms with E-state index in [-0.39, 0.29) is 17.9 Å². The number of carbonyl (C=O) groups is 2. The van der Waals surface area contributed by atoms with Crippen LogP contribution in [0.3, 0.4) is 0 Å². The number of nitrogens with zero attached hydrogens (tertiary/aromatic N) is 2. The van der Waals surface area contributed by atoms with Gasteiger partial charge >= 0.3 is 6.03 Å². The van der Waals surface area contributed by atoms with Crippen molar-refractivity contribution in [1.82, 2.24) is 15.1 Å². The van der Waals surface area contributed by atoms with Gasteiger partial charge in [-0.1, -0.05) is 39.5 Å². The molecule has 1 aliphatic heterocycles. The number of nitrogens with one attached hydrogen (secondary N) is 1. The van der Waals surface area contributed by atoms with Crippen LogP contribution in [0.25, 0.3) is 0 Å². The van der Waals surface area contributed by atoms with Gasteiger partial charge in [-0.3, -0.25) is 4.79 Å². The lowest BCUT2D eigenvalue weighted by Gasteiger charge is -2.34. The first-order chi connectivity index (χ1) is 12.5. The molecule has 2 aliphatic rings. The minimum absolute atomic E-state index is 0.0628. The number of piperidine rings is 1. The molecule has 1 saturated heterocycles. The van der Waals surface area contributed by atoms with Gasteiger partial charge in [-0.15, -0.1) is 0 Å². The molecule has 0 aromatic heterocycles. The van der Waals surface area contributed by atoms with E-state index in [9.17, 15) is 9.59 Å². The maximum absolute atomic E-state index is 12.5. The average Bonchev–Trinajstić information content (AvgIpc) is 2.70. The number of hydrogen-bond donors (Lipinski definition) is 1. The Morgan fingerprint density at radius 2 is 1.62 bits per heavy atom. The van der Waals surface area contributed by atoms with Crippen molar-refractivity contribution in [2.75, 3.05) is 33.2 Å². The molecule has 3 amide bonds. The second-order valence-electron chi connectivity index (χ2n) is 8.36. The van der Waals surface area contributed by atoms with Crippen LogP contribution < -0.4 is 5.32 Å². The van der Waals surface area contributed by atoms with E-state index in [1.54, 1.807) is 0 Å². The quantitative estimate of drug-likeness (QED) is 0.744. The molecule has 2 fully saturated rings. The van der Waals surface area contributed by atoms with Crippen molar-refractivity contribution in [3.63, 3.8) is 0 Å². The molecule has 0 atom stereocenters. The van der Waals surface area contributed by atoms with Crippen molar-refractivity contribution < 1.29 is 9.59 Å². The van der Waals surface area contributed by atoms with Crippen LogP contribution in [0.2, 0.25) is 0 Å². The molecule has 5 heteroatoms. The van der Waals surface area contributed by atoms with E-state index >= 15 is 0 Å². The number of urea groups is 1. The summed E-state index contributed by atoms with van der Waals surface area (Å²) in [5.74, 6) is 1.89. The van der Waals surface area contributed by atoms with Gasteiger partial charge in [0.05, 0.1) is 0 Å². The standard InChI is InChI=1S/C21H39N3O2/c1-4-6-13-23(3)20(25)19-11-14-24(15-12-19)21(26)22-16-18-9-7-17(5-2)8-10-18/h17-19H,4-16H2,1-3H3,(H,22,26). The van der Waals surface area contributed by atoms with Gasteiger partial charge in [0.2, 0.25) is 5.91 Å². The van der Waals surface area contributed by atoms with E-state index in [0.717, 1.165) is 44.7 Å². The Kier molecular flexibility index (Phi) is 8.73. The molecule has 0 radical (unpaired) electrons. The monoisotopic (exact) mass is 365 g/mol. The Hall–Kier alpha value is -1.26. The molecular weight excluding hydrogens is 326 g/mol. The first-order valence-corrected chi connectivity index (χ1v) is 10.8. The third-order valence-electron chi connectivity index (χ3n) is 6.44. The van der Waals surface area contributed by atoms with E-state index in [1.165, 1.54) is 32.1 Å². The number of amides is 3. The Labute approximate surface area is 159 Å². The van der Waals surface area contributed by atoms with Gasteiger partial charge in [0.1, 0.15) is 0 Å². The van der Waals surface area contributed by atoms with Crippen molar-refractivity contribution in [3.8, 4) is 0 Å². The average molecular weight is 366 g/mol. The molecule has 1 saturated carbocycles. The zero-order valence-electron chi connectivity index (χ0n) is 17.1. The lowest BCUT2D eigenvalue weighted by Crippen LogP contribution is -2.48. The van der Waals surface area contributed by atoms with Crippen LogP contribution in [-0.2, 0) is 4.79 Å². The molecule has 2 rings (SSSR count). The molecule has 1 N–H and O–H groups in total. The fraction of sp³-hybridized carbons (Fsp3) is 0.905. The highest BCUT2D eigenvalue weighted by Crippen LogP contribution is 2.30. The molecule has 150 valence electrons. The van der Waals surface area contributed by atoms with Gasteiger partial charge in [0.25, 0.3) is 0 Å². The molecular formula is C21H39N3O2. The van der Waals surface area contributed by atoms with Crippen molar-refractivity contribution in [3.05, 3.63) is 0 Å². The van der Waals surface area contributed by atoms with Crippen molar-refractivity contribution in [1.29, 1.82) is 0 Å². The minimum atomic E-state index is 0.0628. The van der Waals surface area contributed by atoms with E-state index < -0.39 is 0 Å². The second kappa shape index (κ2) is 10.8. The largest absolute Gasteiger partial charge is 0.346 e. The molecule has 0 bridgehead atoms. The maximum Gasteiger partial charge on any atom is 0.317 e. The van der Waals surface area contributed by atoms with Crippen LogP contribution in [0.15, 0.2) is 0 Å². The van der Waals surface area contributed by atoms with E-state index in [1.807, 2.05) is 16.8 Å². The molecule has 1 heterocycles. The highest BCUT2D eigenvalue weighted by Gasteiger charge is 2.29. The molecule has 1 aliphatic carbocycles. The SMILES string of the molecule is CCCCN(C)C(=O)C1CCN(C(=O)NCC2CCC(CC)CC2)CC1. The third-order valence-corrected chi connectivity index (χ3v) is 6.44. The summed E-state index contributed by atoms with van der Waals surface area (Å²) in [6.45, 7) is 7.48. The van der Waals surface area contributed by atoms with Crippen LogP contribution >= 0.6 is 0 Å². The summed E-state index contributed by atoms with van der Waals surface area (Å²) in [4.78, 5) is 28.7. The van der Waals surface area contributed by atoms with Gasteiger partial charge in [-0.2, -0.15) is 0 Å². The highest BCUT2D eigenvalue weighted by molar-refractivity contribution is 5.79. The Balaban J connectivity index is 1.65. The number of unbranched alkanes of at least 4 members (excludes halogenated alkanes) is 1. The molecule has 0 aromatic carbocycles. The van der Waals surface area contributed by atoms with Gasteiger partial charge in [-0.05, 0) is 43.9 Å². The number of hydrogen-bond acceptors (Lipinski definition) is 2. The summed E-state index contributed by atoms with van der Waals surface area (Å²) in [5.41, 5.74) is 0. The molecule has 5 nitrogen and oxygen atoms in total. The minimum Gasteiger partial charge on any atom is -0.346 e. The summed E-state index contributed by atoms with van der Waals surface area (Å²) in [6.07, 6.45) is 10.2. The molecule has 26 heavy (non-hydrogen) atoms. The van der Waals surface area contributed by atoms with Gasteiger partial charge in [0.15, 0.2) is 0 Å². The summed E-state index contributed by atoms with van der Waals surface area (Å²) in [5, 5.41) is 3.14. The second-order valence-corrected chi connectivity index (χ2v) is 8.36. The normalized spacial score (nSPS) is 24.3. The first-order valence-electron chi connectivity index (χ1n) is 10.8. The molecule has 0 spiro atoms. The first kappa shape index (κ1) is 21.0. The summed E-state index contributed by atoms with van der Waals surface area (Å²) >= 11 is 0. The van der Waals surface area contributed by atoms with Crippen LogP contribution in [0, 0.1) is 17.8 Å². The smallest absolute Gasteiger partial charge is 0.317 e. The highest BCUT2D eigenvalue weighted by atomic mass is 16.2. The van der Waals surface area contributed by atoms with Crippen molar-refractivity contribution in [2.24, 2.45) is 17.8 Å². The Bertz CT molecular complexity index is 439. The lowest BCUT2D eigenvalue weighted by atomic mass is 9.81. The fourth-order valence-electron chi connectivity index (χ4n) is 4.33. The molecule has 0 aromatic rings. The maximum atomic E-state index is 12.5. The van der Waals surface area contributed by atoms with E-state index in [0.29, 0.717) is 19.0 Å². The Morgan fingerprint density at radius 1 is 1.00 bits per heavy atom. The summed E-state index contributed by atoms with van der Waals surface area (Å²) in [6, 6.07) is 0.0628. The third kappa shape index (κ3) is 6.17. The number of rotatable bonds is 7. The van der Waals surface area contributed by atoms with Crippen LogP contribution in [0.5, 0.6) is 0 Å². The van der Waals surface area contributed by atoms with Crippen LogP contribution in [-0.4, -0.2) is 55.0 Å². The predicted molar refractivity (Wildman–Crippen MR) is 106 cm³/mol. The zero-order chi connectivity index (χ0) is 18.9. The lowest BCUT2D eigenvalue weighted by molar-refractivity contribution is -0.135. The van der Waals surface area contributed by atoms with E-state index in [4.69, 9.17) is 0 Å². The van der Waals surface area contributed by atoms with Gasteiger partial charge in [0, 0.05) is 39.1 Å². The zero-order valence-corrected chi connectivity index (χ0v) is 17.1. The van der Waals surface area contributed by atoms with Crippen LogP contribution in [0.1, 0.15) is 71.6 Å². The topological polar surface area (TPSA) is 52.7 Å². The van der Waals surface area contributed by atoms with Gasteiger partial charge in [-0.25, -0.2) is 4.79 Å². The van der Waals surface area contributed by atoms with Gasteiger partial charge < -0.3 is 15.1 Å². The number of carbonyl (C=O) groups excluding carboxylic acids is 2. The Morgan fingerprint density at radius 3 is 2.19 bits per heavy atom. The van der Waals surface area contributed by atoms with E-state index in [2.05, 4.69) is 19.2 Å². The predicted octanol–water partition coefficient (Wildman–Crippen LogP) is 3.88. The number of likely N-dealkylation sites (tertiary alicyclic amines) is 1. The van der Waals surface area contributed by atoms with Crippen LogP contribution in [0.4, 0.5) is 4.79 Å². The summed E-state index contributed by atoms with van der Waals surface area (Å²) < 4.78 is 0.